The molecule has 7 nitrogen and oxygen atoms in total. The predicted molar refractivity (Wildman–Crippen MR) is 64.6 cm³/mol. The Morgan fingerprint density at radius 3 is 2.61 bits per heavy atom. The van der Waals surface area contributed by atoms with Gasteiger partial charge in [-0.15, -0.1) is 0 Å². The highest BCUT2D eigenvalue weighted by atomic mass is 32.2. The largest absolute Gasteiger partial charge is 0.398 e. The first kappa shape index (κ1) is 14.0. The quantitative estimate of drug-likeness (QED) is 0.605. The van der Waals surface area contributed by atoms with Crippen molar-refractivity contribution in [2.45, 2.75) is 11.3 Å². The lowest BCUT2D eigenvalue weighted by Gasteiger charge is -2.08. The van der Waals surface area contributed by atoms with Gasteiger partial charge in [-0.3, -0.25) is 4.79 Å². The van der Waals surface area contributed by atoms with Crippen LogP contribution in [-0.4, -0.2) is 20.9 Å². The van der Waals surface area contributed by atoms with Crippen LogP contribution in [0.5, 0.6) is 0 Å². The van der Waals surface area contributed by atoms with Gasteiger partial charge in [0.05, 0.1) is 17.3 Å². The first-order valence-corrected chi connectivity index (χ1v) is 6.42. The average Bonchev–Trinajstić information content (AvgIpc) is 2.27. The monoisotopic (exact) mass is 268 g/mol. The normalized spacial score (nSPS) is 10.8. The maximum atomic E-state index is 11.8. The van der Waals surface area contributed by atoms with Gasteiger partial charge in [0.15, 0.2) is 0 Å². The molecule has 1 rings (SSSR count). The van der Waals surface area contributed by atoms with Crippen molar-refractivity contribution in [3.05, 3.63) is 23.8 Å². The fourth-order valence-electron chi connectivity index (χ4n) is 1.25. The molecule has 0 radical (unpaired) electrons. The minimum Gasteiger partial charge on any atom is -0.398 e. The fourth-order valence-corrected chi connectivity index (χ4v) is 2.39. The van der Waals surface area contributed by atoms with Crippen molar-refractivity contribution < 1.29 is 13.2 Å². The van der Waals surface area contributed by atoms with E-state index in [0.717, 1.165) is 0 Å². The van der Waals surface area contributed by atoms with E-state index in [1.54, 1.807) is 0 Å². The summed E-state index contributed by atoms with van der Waals surface area (Å²) >= 11 is 0. The third kappa shape index (κ3) is 3.44. The molecule has 0 atom stereocenters. The van der Waals surface area contributed by atoms with E-state index >= 15 is 0 Å². The van der Waals surface area contributed by atoms with E-state index in [0.29, 0.717) is 0 Å². The van der Waals surface area contributed by atoms with Crippen LogP contribution in [-0.2, 0) is 14.8 Å². The van der Waals surface area contributed by atoms with Crippen LogP contribution in [0.1, 0.15) is 12.0 Å². The molecule has 0 fully saturated rings. The molecule has 1 amide bonds. The van der Waals surface area contributed by atoms with E-state index in [1.165, 1.54) is 18.2 Å². The molecule has 0 aromatic heterocycles. The Balaban J connectivity index is 2.92. The van der Waals surface area contributed by atoms with Crippen LogP contribution in [0.3, 0.4) is 0 Å². The maximum Gasteiger partial charge on any atom is 0.242 e. The van der Waals surface area contributed by atoms with Gasteiger partial charge in [-0.25, -0.2) is 13.1 Å². The summed E-state index contributed by atoms with van der Waals surface area (Å²) in [6, 6.07) is 5.70. The molecule has 0 aliphatic rings. The zero-order valence-electron chi connectivity index (χ0n) is 9.38. The van der Waals surface area contributed by atoms with E-state index in [4.69, 9.17) is 16.7 Å². The van der Waals surface area contributed by atoms with E-state index < -0.39 is 15.9 Å². The first-order chi connectivity index (χ1) is 8.36. The number of sulfonamides is 1. The van der Waals surface area contributed by atoms with Crippen LogP contribution in [0, 0.1) is 11.3 Å². The predicted octanol–water partition coefficient (Wildman–Crippen LogP) is -0.706. The van der Waals surface area contributed by atoms with Crippen LogP contribution < -0.4 is 16.2 Å². The molecule has 0 unspecified atom stereocenters. The number of hydrogen-bond acceptors (Lipinski definition) is 5. The van der Waals surface area contributed by atoms with Gasteiger partial charge >= 0.3 is 0 Å². The third-order valence-corrected chi connectivity index (χ3v) is 3.63. The number of nitrogens with zero attached hydrogens (tertiary/aromatic N) is 1. The number of carbonyl (C=O) groups is 1. The SMILES string of the molecule is N#Cc1ccc(S(=O)(=O)NCCC(N)=O)c(N)c1. The Morgan fingerprint density at radius 1 is 1.44 bits per heavy atom. The number of benzene rings is 1. The molecule has 0 heterocycles. The number of nitrogen functional groups attached to an aromatic ring is 1. The van der Waals surface area contributed by atoms with Gasteiger partial charge in [0.2, 0.25) is 15.9 Å². The van der Waals surface area contributed by atoms with Gasteiger partial charge in [0.25, 0.3) is 0 Å². The van der Waals surface area contributed by atoms with Crippen LogP contribution in [0.4, 0.5) is 5.69 Å². The van der Waals surface area contributed by atoms with Crippen molar-refractivity contribution in [1.82, 2.24) is 4.72 Å². The topological polar surface area (TPSA) is 139 Å². The molecule has 18 heavy (non-hydrogen) atoms. The number of primary amides is 1. The van der Waals surface area contributed by atoms with Crippen molar-refractivity contribution >= 4 is 21.6 Å². The molecule has 5 N–H and O–H groups in total. The van der Waals surface area contributed by atoms with E-state index in [2.05, 4.69) is 4.72 Å². The molecule has 1 aromatic rings. The first-order valence-electron chi connectivity index (χ1n) is 4.94. The fraction of sp³-hybridized carbons (Fsp3) is 0.200. The van der Waals surface area contributed by atoms with Crippen molar-refractivity contribution in [2.24, 2.45) is 5.73 Å². The number of nitrogens with one attached hydrogen (secondary N) is 1. The third-order valence-electron chi connectivity index (χ3n) is 2.09. The van der Waals surface area contributed by atoms with E-state index in [9.17, 15) is 13.2 Å². The Hall–Kier alpha value is -2.11. The van der Waals surface area contributed by atoms with Gasteiger partial charge in [-0.1, -0.05) is 0 Å². The summed E-state index contributed by atoms with van der Waals surface area (Å²) in [6.07, 6.45) is -0.102. The summed E-state index contributed by atoms with van der Waals surface area (Å²) in [5.41, 5.74) is 10.7. The molecular weight excluding hydrogens is 256 g/mol. The number of nitrogens with two attached hydrogens (primary N) is 2. The summed E-state index contributed by atoms with van der Waals surface area (Å²) in [7, 11) is -3.80. The van der Waals surface area contributed by atoms with Crippen LogP contribution in [0.25, 0.3) is 0 Å². The average molecular weight is 268 g/mol. The second-order valence-corrected chi connectivity index (χ2v) is 5.21. The Labute approximate surface area is 104 Å². The van der Waals surface area contributed by atoms with Crippen molar-refractivity contribution in [3.8, 4) is 6.07 Å². The number of hydrogen-bond donors (Lipinski definition) is 3. The molecule has 0 aliphatic heterocycles. The molecule has 0 bridgehead atoms. The zero-order valence-corrected chi connectivity index (χ0v) is 10.2. The van der Waals surface area contributed by atoms with Crippen LogP contribution >= 0.6 is 0 Å². The lowest BCUT2D eigenvalue weighted by molar-refractivity contribution is -0.117. The summed E-state index contributed by atoms with van der Waals surface area (Å²) < 4.78 is 25.8. The molecular formula is C10H12N4O3S. The Kier molecular flexibility index (Phi) is 4.25. The lowest BCUT2D eigenvalue weighted by Crippen LogP contribution is -2.28. The van der Waals surface area contributed by atoms with Gasteiger partial charge in [-0.05, 0) is 18.2 Å². The minimum atomic E-state index is -3.80. The number of amides is 1. The maximum absolute atomic E-state index is 11.8. The van der Waals surface area contributed by atoms with Gasteiger partial charge < -0.3 is 11.5 Å². The van der Waals surface area contributed by atoms with Crippen molar-refractivity contribution in [3.63, 3.8) is 0 Å². The smallest absolute Gasteiger partial charge is 0.242 e. The Bertz CT molecular complexity index is 604. The van der Waals surface area contributed by atoms with Crippen molar-refractivity contribution in [1.29, 1.82) is 5.26 Å². The number of nitriles is 1. The summed E-state index contributed by atoms with van der Waals surface area (Å²) in [4.78, 5) is 10.4. The lowest BCUT2D eigenvalue weighted by atomic mass is 10.2. The highest BCUT2D eigenvalue weighted by molar-refractivity contribution is 7.89. The molecule has 96 valence electrons. The standard InChI is InChI=1S/C10H12N4O3S/c11-6-7-1-2-9(8(12)5-7)18(16,17)14-4-3-10(13)15/h1-2,5,14H,3-4,12H2,(H2,13,15). The van der Waals surface area contributed by atoms with Crippen molar-refractivity contribution in [2.75, 3.05) is 12.3 Å². The highest BCUT2D eigenvalue weighted by Crippen LogP contribution is 2.19. The van der Waals surface area contributed by atoms with Gasteiger partial charge in [0.1, 0.15) is 4.90 Å². The van der Waals surface area contributed by atoms with Crippen LogP contribution in [0.2, 0.25) is 0 Å². The number of carbonyl (C=O) groups excluding carboxylic acids is 1. The zero-order chi connectivity index (χ0) is 13.8. The second kappa shape index (κ2) is 5.48. The van der Waals surface area contributed by atoms with Crippen LogP contribution in [0.15, 0.2) is 23.1 Å². The number of anilines is 1. The molecule has 8 heteroatoms. The summed E-state index contributed by atoms with van der Waals surface area (Å²) in [5, 5.41) is 8.64. The molecule has 1 aromatic carbocycles. The molecule has 0 saturated carbocycles. The molecule has 0 aliphatic carbocycles. The van der Waals surface area contributed by atoms with Gasteiger partial charge in [0, 0.05) is 13.0 Å². The van der Waals surface area contributed by atoms with E-state index in [-0.39, 0.29) is 29.1 Å². The van der Waals surface area contributed by atoms with E-state index in [1.807, 2.05) is 6.07 Å². The minimum absolute atomic E-state index is 0.0272. The molecule has 0 saturated heterocycles. The molecule has 0 spiro atoms. The highest BCUT2D eigenvalue weighted by Gasteiger charge is 2.17. The number of rotatable bonds is 5. The Morgan fingerprint density at radius 2 is 2.11 bits per heavy atom. The summed E-state index contributed by atoms with van der Waals surface area (Å²) in [6.45, 7) is -0.100. The second-order valence-electron chi connectivity index (χ2n) is 3.48. The van der Waals surface area contributed by atoms with Gasteiger partial charge in [-0.2, -0.15) is 5.26 Å². The summed E-state index contributed by atoms with van der Waals surface area (Å²) in [5.74, 6) is -0.606.